The van der Waals surface area contributed by atoms with Gasteiger partial charge in [-0.05, 0) is 23.6 Å². The van der Waals surface area contributed by atoms with Gasteiger partial charge in [-0.3, -0.25) is 9.69 Å². The first-order chi connectivity index (χ1) is 14.2. The van der Waals surface area contributed by atoms with Crippen molar-refractivity contribution in [3.8, 4) is 0 Å². The van der Waals surface area contributed by atoms with Crippen LogP contribution in [0.3, 0.4) is 0 Å². The van der Waals surface area contributed by atoms with Gasteiger partial charge in [0.2, 0.25) is 5.91 Å². The standard InChI is InChI=1S/C23H29N5O/c24-13-19(12-18-14-26-21-9-5-4-8-20(18)21)27-23(29)16-28-11-10-25-15-22(28)17-6-2-1-3-7-17/h1-9,14,19,22,25-26H,10-13,15-16,24H2,(H,27,29). The second-order valence-electron chi connectivity index (χ2n) is 7.66. The number of nitrogens with two attached hydrogens (primary N) is 1. The van der Waals surface area contributed by atoms with Gasteiger partial charge in [-0.2, -0.15) is 0 Å². The molecule has 1 aliphatic heterocycles. The molecule has 1 aromatic heterocycles. The van der Waals surface area contributed by atoms with E-state index in [1.807, 2.05) is 36.5 Å². The predicted octanol–water partition coefficient (Wildman–Crippen LogP) is 1.80. The molecule has 2 unspecified atom stereocenters. The van der Waals surface area contributed by atoms with Crippen molar-refractivity contribution >= 4 is 16.8 Å². The molecule has 1 saturated heterocycles. The second-order valence-corrected chi connectivity index (χ2v) is 7.66. The molecule has 152 valence electrons. The lowest BCUT2D eigenvalue weighted by Gasteiger charge is -2.36. The summed E-state index contributed by atoms with van der Waals surface area (Å²) in [6.07, 6.45) is 2.73. The maximum absolute atomic E-state index is 12.8. The molecular formula is C23H29N5O. The van der Waals surface area contributed by atoms with Crippen LogP contribution in [0.2, 0.25) is 0 Å². The van der Waals surface area contributed by atoms with E-state index >= 15 is 0 Å². The highest BCUT2D eigenvalue weighted by Gasteiger charge is 2.26. The molecule has 4 rings (SSSR count). The Bertz CT molecular complexity index is 939. The maximum atomic E-state index is 12.8. The Hall–Kier alpha value is -2.67. The molecule has 6 nitrogen and oxygen atoms in total. The van der Waals surface area contributed by atoms with Crippen LogP contribution >= 0.6 is 0 Å². The van der Waals surface area contributed by atoms with Gasteiger partial charge in [0.05, 0.1) is 6.54 Å². The van der Waals surface area contributed by atoms with Crippen molar-refractivity contribution in [2.45, 2.75) is 18.5 Å². The third-order valence-electron chi connectivity index (χ3n) is 5.68. The van der Waals surface area contributed by atoms with Crippen LogP contribution in [0.25, 0.3) is 10.9 Å². The zero-order valence-corrected chi connectivity index (χ0v) is 16.6. The van der Waals surface area contributed by atoms with Gasteiger partial charge < -0.3 is 21.4 Å². The Morgan fingerprint density at radius 1 is 1.17 bits per heavy atom. The summed E-state index contributed by atoms with van der Waals surface area (Å²) in [4.78, 5) is 18.4. The molecule has 0 aliphatic carbocycles. The van der Waals surface area contributed by atoms with Crippen LogP contribution in [0, 0.1) is 0 Å². The van der Waals surface area contributed by atoms with Crippen LogP contribution in [0.1, 0.15) is 17.2 Å². The van der Waals surface area contributed by atoms with E-state index in [2.05, 4.69) is 44.8 Å². The van der Waals surface area contributed by atoms with Gasteiger partial charge in [0.1, 0.15) is 0 Å². The Kier molecular flexibility index (Phi) is 6.24. The van der Waals surface area contributed by atoms with Crippen molar-refractivity contribution < 1.29 is 4.79 Å². The number of aromatic amines is 1. The molecular weight excluding hydrogens is 362 g/mol. The third kappa shape index (κ3) is 4.67. The maximum Gasteiger partial charge on any atom is 0.234 e. The molecule has 3 aromatic rings. The van der Waals surface area contributed by atoms with E-state index in [1.54, 1.807) is 0 Å². The molecule has 6 heteroatoms. The molecule has 0 bridgehead atoms. The SMILES string of the molecule is NCC(Cc1c[nH]c2ccccc12)NC(=O)CN1CCNCC1c1ccccc1. The molecule has 1 aliphatic rings. The van der Waals surface area contributed by atoms with Gasteiger partial charge in [-0.25, -0.2) is 0 Å². The first-order valence-corrected chi connectivity index (χ1v) is 10.3. The monoisotopic (exact) mass is 391 g/mol. The number of H-pyrrole nitrogens is 1. The minimum Gasteiger partial charge on any atom is -0.361 e. The van der Waals surface area contributed by atoms with Crippen LogP contribution < -0.4 is 16.4 Å². The normalized spacial score (nSPS) is 18.6. The quantitative estimate of drug-likeness (QED) is 0.495. The summed E-state index contributed by atoms with van der Waals surface area (Å²) in [5.41, 5.74) is 9.51. The Morgan fingerprint density at radius 3 is 2.79 bits per heavy atom. The highest BCUT2D eigenvalue weighted by molar-refractivity contribution is 5.83. The molecule has 2 heterocycles. The second kappa shape index (κ2) is 9.22. The molecule has 29 heavy (non-hydrogen) atoms. The van der Waals surface area contributed by atoms with E-state index in [1.165, 1.54) is 16.5 Å². The highest BCUT2D eigenvalue weighted by Crippen LogP contribution is 2.22. The number of carbonyl (C=O) groups excluding carboxylic acids is 1. The average molecular weight is 392 g/mol. The summed E-state index contributed by atoms with van der Waals surface area (Å²) in [5, 5.41) is 7.77. The predicted molar refractivity (Wildman–Crippen MR) is 117 cm³/mol. The van der Waals surface area contributed by atoms with E-state index in [9.17, 15) is 4.79 Å². The minimum absolute atomic E-state index is 0.0307. The number of benzene rings is 2. The summed E-state index contributed by atoms with van der Waals surface area (Å²) in [5.74, 6) is 0.0307. The number of nitrogens with one attached hydrogen (secondary N) is 3. The summed E-state index contributed by atoms with van der Waals surface area (Å²) in [6, 6.07) is 18.7. The van der Waals surface area contributed by atoms with Crippen LogP contribution in [-0.2, 0) is 11.2 Å². The van der Waals surface area contributed by atoms with Gasteiger partial charge in [0.15, 0.2) is 0 Å². The molecule has 0 saturated carbocycles. The van der Waals surface area contributed by atoms with E-state index in [4.69, 9.17) is 5.73 Å². The molecule has 1 amide bonds. The number of rotatable bonds is 7. The first-order valence-electron chi connectivity index (χ1n) is 10.3. The zero-order chi connectivity index (χ0) is 20.1. The summed E-state index contributed by atoms with van der Waals surface area (Å²) >= 11 is 0. The fourth-order valence-electron chi connectivity index (χ4n) is 4.16. The lowest BCUT2D eigenvalue weighted by molar-refractivity contribution is -0.123. The van der Waals surface area contributed by atoms with Gasteiger partial charge in [0.25, 0.3) is 0 Å². The van der Waals surface area contributed by atoms with E-state index in [-0.39, 0.29) is 18.0 Å². The molecule has 5 N–H and O–H groups in total. The van der Waals surface area contributed by atoms with Crippen LogP contribution in [0.5, 0.6) is 0 Å². The third-order valence-corrected chi connectivity index (χ3v) is 5.68. The molecule has 2 aromatic carbocycles. The number of fused-ring (bicyclic) bond motifs is 1. The Morgan fingerprint density at radius 2 is 1.97 bits per heavy atom. The van der Waals surface area contributed by atoms with Crippen molar-refractivity contribution in [1.29, 1.82) is 0 Å². The fourth-order valence-corrected chi connectivity index (χ4v) is 4.16. The molecule has 1 fully saturated rings. The van der Waals surface area contributed by atoms with E-state index < -0.39 is 0 Å². The van der Waals surface area contributed by atoms with Gasteiger partial charge in [0, 0.05) is 55.4 Å². The van der Waals surface area contributed by atoms with E-state index in [0.717, 1.165) is 31.6 Å². The van der Waals surface area contributed by atoms with Crippen molar-refractivity contribution in [3.63, 3.8) is 0 Å². The van der Waals surface area contributed by atoms with Gasteiger partial charge in [-0.1, -0.05) is 48.5 Å². The number of nitrogens with zero attached hydrogens (tertiary/aromatic N) is 1. The van der Waals surface area contributed by atoms with E-state index in [0.29, 0.717) is 13.1 Å². The minimum atomic E-state index is -0.0835. The summed E-state index contributed by atoms with van der Waals surface area (Å²) in [6.45, 7) is 3.39. The van der Waals surface area contributed by atoms with Crippen molar-refractivity contribution in [3.05, 3.63) is 71.9 Å². The topological polar surface area (TPSA) is 86.2 Å². The molecule has 0 radical (unpaired) electrons. The lowest BCUT2D eigenvalue weighted by atomic mass is 10.0. The number of amides is 1. The van der Waals surface area contributed by atoms with Crippen molar-refractivity contribution in [2.24, 2.45) is 5.73 Å². The van der Waals surface area contributed by atoms with Crippen LogP contribution in [0.15, 0.2) is 60.8 Å². The Labute approximate surface area is 171 Å². The number of piperazine rings is 1. The van der Waals surface area contributed by atoms with Crippen molar-refractivity contribution in [2.75, 3.05) is 32.7 Å². The number of hydrogen-bond acceptors (Lipinski definition) is 4. The molecule has 2 atom stereocenters. The summed E-state index contributed by atoms with van der Waals surface area (Å²) in [7, 11) is 0. The fraction of sp³-hybridized carbons (Fsp3) is 0.348. The number of hydrogen-bond donors (Lipinski definition) is 4. The van der Waals surface area contributed by atoms with Crippen molar-refractivity contribution in [1.82, 2.24) is 20.5 Å². The van der Waals surface area contributed by atoms with Gasteiger partial charge in [-0.15, -0.1) is 0 Å². The number of para-hydroxylation sites is 1. The number of aromatic nitrogens is 1. The largest absolute Gasteiger partial charge is 0.361 e. The molecule has 0 spiro atoms. The average Bonchev–Trinajstić information content (AvgIpc) is 3.17. The summed E-state index contributed by atoms with van der Waals surface area (Å²) < 4.78 is 0. The lowest BCUT2D eigenvalue weighted by Crippen LogP contribution is -2.51. The number of carbonyl (C=O) groups is 1. The van der Waals surface area contributed by atoms with Crippen LogP contribution in [-0.4, -0.2) is 54.6 Å². The first kappa shape index (κ1) is 19.6. The zero-order valence-electron chi connectivity index (χ0n) is 16.6. The van der Waals surface area contributed by atoms with Gasteiger partial charge >= 0.3 is 0 Å². The highest BCUT2D eigenvalue weighted by atomic mass is 16.2. The Balaban J connectivity index is 1.39. The smallest absolute Gasteiger partial charge is 0.234 e. The van der Waals surface area contributed by atoms with Crippen LogP contribution in [0.4, 0.5) is 0 Å².